The Labute approximate surface area is 192 Å². The Morgan fingerprint density at radius 1 is 1.22 bits per heavy atom. The zero-order chi connectivity index (χ0) is 23.2. The molecule has 2 fully saturated rings. The van der Waals surface area contributed by atoms with Crippen LogP contribution in [0.25, 0.3) is 0 Å². The van der Waals surface area contributed by atoms with E-state index in [0.717, 1.165) is 38.6 Å². The zero-order valence-corrected chi connectivity index (χ0v) is 19.8. The first kappa shape index (κ1) is 25.1. The van der Waals surface area contributed by atoms with Gasteiger partial charge in [-0.15, -0.1) is 0 Å². The molecule has 1 aliphatic heterocycles. The molecule has 8 heteroatoms. The van der Waals surface area contributed by atoms with Crippen molar-refractivity contribution < 1.29 is 19.7 Å². The van der Waals surface area contributed by atoms with E-state index < -0.39 is 6.35 Å². The van der Waals surface area contributed by atoms with Gasteiger partial charge in [-0.25, -0.2) is 0 Å². The Kier molecular flexibility index (Phi) is 8.66. The third-order valence-electron chi connectivity index (χ3n) is 7.42. The first-order valence-corrected chi connectivity index (χ1v) is 11.7. The average molecular weight is 449 g/mol. The monoisotopic (exact) mass is 448 g/mol. The second kappa shape index (κ2) is 11.0. The fraction of sp³-hybridized carbons (Fsp3) is 0.708. The van der Waals surface area contributed by atoms with E-state index in [1.807, 2.05) is 4.90 Å². The van der Waals surface area contributed by atoms with Gasteiger partial charge in [0.15, 0.2) is 6.35 Å². The number of nitrogens with zero attached hydrogens (tertiary/aromatic N) is 3. The van der Waals surface area contributed by atoms with Crippen LogP contribution < -0.4 is 5.32 Å². The highest BCUT2D eigenvalue weighted by atomic mass is 16.5. The Morgan fingerprint density at radius 2 is 1.91 bits per heavy atom. The Balaban J connectivity index is 1.79. The lowest BCUT2D eigenvalue weighted by atomic mass is 9.68. The molecule has 1 atom stereocenters. The second-order valence-electron chi connectivity index (χ2n) is 9.38. The van der Waals surface area contributed by atoms with E-state index >= 15 is 0 Å². The van der Waals surface area contributed by atoms with Gasteiger partial charge in [-0.3, -0.25) is 19.5 Å². The van der Waals surface area contributed by atoms with Crippen LogP contribution in [0.2, 0.25) is 0 Å². The van der Waals surface area contributed by atoms with Gasteiger partial charge < -0.3 is 20.3 Å². The largest absolute Gasteiger partial charge is 0.395 e. The molecule has 2 aliphatic rings. The van der Waals surface area contributed by atoms with Crippen LogP contribution >= 0.6 is 0 Å². The number of hydrogen-bond donors (Lipinski definition) is 3. The normalized spacial score (nSPS) is 29.1. The van der Waals surface area contributed by atoms with Gasteiger partial charge in [0, 0.05) is 44.4 Å². The van der Waals surface area contributed by atoms with E-state index in [4.69, 9.17) is 9.84 Å². The summed E-state index contributed by atoms with van der Waals surface area (Å²) < 4.78 is 5.25. The maximum absolute atomic E-state index is 12.3. The number of aliphatic hydroxyl groups is 2. The number of aliphatic hydroxyl groups excluding tert-OH is 2. The number of hydrogen-bond acceptors (Lipinski definition) is 7. The van der Waals surface area contributed by atoms with E-state index in [2.05, 4.69) is 59.5 Å². The summed E-state index contributed by atoms with van der Waals surface area (Å²) in [7, 11) is 6.01. The molecule has 1 saturated carbocycles. The van der Waals surface area contributed by atoms with Crippen molar-refractivity contribution in [1.29, 1.82) is 0 Å². The van der Waals surface area contributed by atoms with Crippen LogP contribution in [-0.4, -0.2) is 103 Å². The van der Waals surface area contributed by atoms with Gasteiger partial charge in [-0.2, -0.15) is 0 Å². The molecule has 1 amide bonds. The first-order chi connectivity index (χ1) is 15.4. The molecule has 0 aromatic heterocycles. The van der Waals surface area contributed by atoms with Crippen molar-refractivity contribution in [2.24, 2.45) is 0 Å². The summed E-state index contributed by atoms with van der Waals surface area (Å²) in [5.41, 5.74) is 1.14. The summed E-state index contributed by atoms with van der Waals surface area (Å²) in [5, 5.41) is 22.8. The van der Waals surface area contributed by atoms with Gasteiger partial charge in [0.05, 0.1) is 13.2 Å². The Hall–Kier alpha value is -1.55. The second-order valence-corrected chi connectivity index (χ2v) is 9.38. The summed E-state index contributed by atoms with van der Waals surface area (Å²) in [6.45, 7) is 2.29. The van der Waals surface area contributed by atoms with Gasteiger partial charge in [-0.1, -0.05) is 30.3 Å². The molecule has 1 heterocycles. The predicted molar refractivity (Wildman–Crippen MR) is 124 cm³/mol. The van der Waals surface area contributed by atoms with Gasteiger partial charge in [0.2, 0.25) is 5.91 Å². The van der Waals surface area contributed by atoms with Gasteiger partial charge >= 0.3 is 0 Å². The number of carbonyl (C=O) groups is 1. The number of methoxy groups -OCH3 is 1. The topological polar surface area (TPSA) is 88.5 Å². The van der Waals surface area contributed by atoms with Gasteiger partial charge in [0.25, 0.3) is 0 Å². The minimum absolute atomic E-state index is 0.0262. The summed E-state index contributed by atoms with van der Waals surface area (Å²) in [6.07, 6.45) is 3.90. The Morgan fingerprint density at radius 3 is 2.50 bits per heavy atom. The predicted octanol–water partition coefficient (Wildman–Crippen LogP) is 0.795. The minimum Gasteiger partial charge on any atom is -0.395 e. The quantitative estimate of drug-likeness (QED) is 0.456. The first-order valence-electron chi connectivity index (χ1n) is 11.7. The van der Waals surface area contributed by atoms with E-state index in [0.29, 0.717) is 13.2 Å². The van der Waals surface area contributed by atoms with Crippen LogP contribution in [0.4, 0.5) is 0 Å². The SMILES string of the molecule is COCCCN1C(O)N(CC(=O)NCCO)CC12CCC(c1ccccc1)(N(C)C)CC2. The third kappa shape index (κ3) is 5.16. The van der Waals surface area contributed by atoms with Crippen LogP contribution in [0, 0.1) is 0 Å². The third-order valence-corrected chi connectivity index (χ3v) is 7.42. The summed E-state index contributed by atoms with van der Waals surface area (Å²) in [6, 6.07) is 10.7. The Bertz CT molecular complexity index is 722. The van der Waals surface area contributed by atoms with Crippen LogP contribution in [0.1, 0.15) is 37.7 Å². The number of ether oxygens (including phenoxy) is 1. The lowest BCUT2D eigenvalue weighted by Gasteiger charge is -2.51. The fourth-order valence-corrected chi connectivity index (χ4v) is 5.61. The molecule has 3 rings (SSSR count). The molecule has 0 radical (unpaired) electrons. The van der Waals surface area contributed by atoms with Gasteiger partial charge in [-0.05, 0) is 51.8 Å². The molecule has 1 aromatic rings. The number of rotatable bonds is 10. The molecule has 32 heavy (non-hydrogen) atoms. The van der Waals surface area contributed by atoms with Crippen molar-refractivity contribution in [2.75, 3.05) is 60.6 Å². The van der Waals surface area contributed by atoms with Crippen molar-refractivity contribution in [2.45, 2.75) is 49.5 Å². The van der Waals surface area contributed by atoms with Crippen molar-refractivity contribution in [3.05, 3.63) is 35.9 Å². The lowest BCUT2D eigenvalue weighted by molar-refractivity contribution is -0.129. The molecular formula is C24H40N4O4. The number of amides is 1. The summed E-state index contributed by atoms with van der Waals surface area (Å²) in [4.78, 5) is 18.7. The standard InChI is InChI=1S/C24H40N4O4/c1-26(2)24(20-8-5-4-6-9-20)12-10-23(11-13-24)19-27(18-21(30)25-14-16-29)22(31)28(23)15-7-17-32-3/h4-6,8-9,22,29,31H,7,10-19H2,1-3H3,(H,25,30). The number of benzene rings is 1. The molecular weight excluding hydrogens is 408 g/mol. The summed E-state index contributed by atoms with van der Waals surface area (Å²) in [5.74, 6) is -0.172. The molecule has 3 N–H and O–H groups in total. The molecule has 8 nitrogen and oxygen atoms in total. The molecule has 1 unspecified atom stereocenters. The zero-order valence-electron chi connectivity index (χ0n) is 19.8. The highest BCUT2D eigenvalue weighted by molar-refractivity contribution is 5.78. The van der Waals surface area contributed by atoms with Crippen molar-refractivity contribution in [3.8, 4) is 0 Å². The molecule has 1 spiro atoms. The van der Waals surface area contributed by atoms with Crippen LogP contribution in [-0.2, 0) is 15.1 Å². The number of carbonyl (C=O) groups excluding carboxylic acids is 1. The maximum atomic E-state index is 12.3. The van der Waals surface area contributed by atoms with E-state index in [9.17, 15) is 9.90 Å². The van der Waals surface area contributed by atoms with Gasteiger partial charge in [0.1, 0.15) is 0 Å². The number of nitrogens with one attached hydrogen (secondary N) is 1. The van der Waals surface area contributed by atoms with Crippen molar-refractivity contribution >= 4 is 5.91 Å². The summed E-state index contributed by atoms with van der Waals surface area (Å²) >= 11 is 0. The molecule has 1 saturated heterocycles. The van der Waals surface area contributed by atoms with Crippen molar-refractivity contribution in [3.63, 3.8) is 0 Å². The van der Waals surface area contributed by atoms with E-state index in [-0.39, 0.29) is 36.7 Å². The highest BCUT2D eigenvalue weighted by Crippen LogP contribution is 2.49. The average Bonchev–Trinajstić information content (AvgIpc) is 3.04. The molecule has 0 bridgehead atoms. The minimum atomic E-state index is -0.796. The molecule has 1 aliphatic carbocycles. The maximum Gasteiger partial charge on any atom is 0.234 e. The van der Waals surface area contributed by atoms with Crippen molar-refractivity contribution in [1.82, 2.24) is 20.0 Å². The lowest BCUT2D eigenvalue weighted by Crippen LogP contribution is -2.56. The van der Waals surface area contributed by atoms with E-state index in [1.165, 1.54) is 5.56 Å². The van der Waals surface area contributed by atoms with Crippen LogP contribution in [0.3, 0.4) is 0 Å². The van der Waals surface area contributed by atoms with E-state index in [1.54, 1.807) is 7.11 Å². The molecule has 1 aromatic carbocycles. The fourth-order valence-electron chi connectivity index (χ4n) is 5.61. The van der Waals surface area contributed by atoms with Crippen LogP contribution in [0.15, 0.2) is 30.3 Å². The van der Waals surface area contributed by atoms with Crippen LogP contribution in [0.5, 0.6) is 0 Å². The smallest absolute Gasteiger partial charge is 0.234 e. The highest BCUT2D eigenvalue weighted by Gasteiger charge is 2.54. The molecule has 180 valence electrons.